The van der Waals surface area contributed by atoms with Crippen LogP contribution in [0.3, 0.4) is 0 Å². The molecule has 4 nitrogen and oxygen atoms in total. The lowest BCUT2D eigenvalue weighted by atomic mass is 10.1. The summed E-state index contributed by atoms with van der Waals surface area (Å²) in [6.07, 6.45) is 0.725. The van der Waals surface area contributed by atoms with E-state index in [4.69, 9.17) is 4.74 Å². The second-order valence-corrected chi connectivity index (χ2v) is 5.13. The molecule has 0 radical (unpaired) electrons. The normalized spacial score (nSPS) is 10.4. The van der Waals surface area contributed by atoms with Crippen LogP contribution in [0.4, 0.5) is 0 Å². The second-order valence-electron chi connectivity index (χ2n) is 5.13. The number of rotatable bonds is 5. The first-order valence-electron chi connectivity index (χ1n) is 6.86. The number of hydrogen-bond donors (Lipinski definition) is 0. The molecule has 0 saturated carbocycles. The largest absolute Gasteiger partial charge is 0.456 e. The van der Waals surface area contributed by atoms with Gasteiger partial charge in [0.1, 0.15) is 12.4 Å². The van der Waals surface area contributed by atoms with E-state index in [1.165, 1.54) is 5.56 Å². The highest BCUT2D eigenvalue weighted by molar-refractivity contribution is 5.86. The van der Waals surface area contributed by atoms with E-state index in [1.54, 1.807) is 6.92 Å². The van der Waals surface area contributed by atoms with E-state index in [0.29, 0.717) is 5.57 Å². The fourth-order valence-electron chi connectivity index (χ4n) is 2.09. The molecule has 1 aromatic carbocycles. The molecule has 4 heteroatoms. The zero-order valence-corrected chi connectivity index (χ0v) is 12.7. The lowest BCUT2D eigenvalue weighted by Crippen LogP contribution is -2.09. The van der Waals surface area contributed by atoms with Gasteiger partial charge < -0.3 is 9.30 Å². The highest BCUT2D eigenvalue weighted by atomic mass is 16.5. The molecule has 0 unspecified atom stereocenters. The monoisotopic (exact) mass is 284 g/mol. The van der Waals surface area contributed by atoms with Crippen LogP contribution < -0.4 is 0 Å². The average molecular weight is 284 g/mol. The number of aromatic nitrogens is 2. The summed E-state index contributed by atoms with van der Waals surface area (Å²) < 4.78 is 7.23. The van der Waals surface area contributed by atoms with E-state index < -0.39 is 0 Å². The van der Waals surface area contributed by atoms with Crippen molar-refractivity contribution in [3.05, 3.63) is 65.3 Å². The van der Waals surface area contributed by atoms with Gasteiger partial charge >= 0.3 is 5.97 Å². The molecule has 0 spiro atoms. The van der Waals surface area contributed by atoms with E-state index in [-0.39, 0.29) is 12.6 Å². The Balaban J connectivity index is 2.20. The molecular weight excluding hydrogens is 264 g/mol. The molecule has 0 aliphatic heterocycles. The number of carbonyl (C=O) groups is 1. The summed E-state index contributed by atoms with van der Waals surface area (Å²) in [4.78, 5) is 16.1. The maximum atomic E-state index is 11.6. The Morgan fingerprint density at radius 1 is 1.33 bits per heavy atom. The fourth-order valence-corrected chi connectivity index (χ4v) is 2.09. The van der Waals surface area contributed by atoms with Crippen molar-refractivity contribution in [3.8, 4) is 0 Å². The SMILES string of the molecule is C=C(C)C(=O)OCc1c(Cc2ccccc2)nc(C)n1C. The summed E-state index contributed by atoms with van der Waals surface area (Å²) in [7, 11) is 1.93. The minimum absolute atomic E-state index is 0.213. The van der Waals surface area contributed by atoms with Crippen LogP contribution in [0, 0.1) is 6.92 Å². The topological polar surface area (TPSA) is 44.1 Å². The average Bonchev–Trinajstić information content (AvgIpc) is 2.72. The lowest BCUT2D eigenvalue weighted by Gasteiger charge is -2.08. The van der Waals surface area contributed by atoms with Crippen molar-refractivity contribution >= 4 is 5.97 Å². The van der Waals surface area contributed by atoms with Gasteiger partial charge in [-0.25, -0.2) is 9.78 Å². The zero-order chi connectivity index (χ0) is 15.4. The van der Waals surface area contributed by atoms with Crippen molar-refractivity contribution in [1.82, 2.24) is 9.55 Å². The predicted molar refractivity (Wildman–Crippen MR) is 81.8 cm³/mol. The molecule has 0 amide bonds. The molecule has 1 heterocycles. The molecule has 0 N–H and O–H groups in total. The van der Waals surface area contributed by atoms with Crippen LogP contribution in [-0.4, -0.2) is 15.5 Å². The summed E-state index contributed by atoms with van der Waals surface area (Å²) in [6, 6.07) is 10.1. The molecule has 0 bridgehead atoms. The maximum absolute atomic E-state index is 11.6. The van der Waals surface area contributed by atoms with Gasteiger partial charge in [-0.15, -0.1) is 0 Å². The molecule has 0 aliphatic carbocycles. The van der Waals surface area contributed by atoms with Crippen LogP contribution in [0.15, 0.2) is 42.5 Å². The molecule has 21 heavy (non-hydrogen) atoms. The molecule has 2 aromatic rings. The van der Waals surface area contributed by atoms with Gasteiger partial charge in [0.2, 0.25) is 0 Å². The van der Waals surface area contributed by atoms with E-state index in [2.05, 4.69) is 23.7 Å². The molecule has 0 saturated heterocycles. The predicted octanol–water partition coefficient (Wildman–Crippen LogP) is 2.94. The van der Waals surface area contributed by atoms with Gasteiger partial charge in [-0.3, -0.25) is 0 Å². The number of imidazole rings is 1. The fraction of sp³-hybridized carbons (Fsp3) is 0.294. The molecule has 0 atom stereocenters. The van der Waals surface area contributed by atoms with Crippen LogP contribution >= 0.6 is 0 Å². The number of carbonyl (C=O) groups excluding carboxylic acids is 1. The first-order chi connectivity index (χ1) is 9.99. The number of hydrogen-bond acceptors (Lipinski definition) is 3. The van der Waals surface area contributed by atoms with E-state index in [9.17, 15) is 4.79 Å². The Labute approximate surface area is 125 Å². The van der Waals surface area contributed by atoms with Crippen molar-refractivity contribution in [3.63, 3.8) is 0 Å². The Morgan fingerprint density at radius 2 is 2.00 bits per heavy atom. The van der Waals surface area contributed by atoms with Crippen molar-refractivity contribution in [2.24, 2.45) is 7.05 Å². The molecule has 110 valence electrons. The Hall–Kier alpha value is -2.36. The lowest BCUT2D eigenvalue weighted by molar-refractivity contribution is -0.140. The Bertz CT molecular complexity index is 657. The first kappa shape index (κ1) is 15.0. The zero-order valence-electron chi connectivity index (χ0n) is 12.7. The highest BCUT2D eigenvalue weighted by Gasteiger charge is 2.15. The van der Waals surface area contributed by atoms with Crippen LogP contribution in [0.1, 0.15) is 29.7 Å². The highest BCUT2D eigenvalue weighted by Crippen LogP contribution is 2.16. The van der Waals surface area contributed by atoms with Crippen LogP contribution in [0.5, 0.6) is 0 Å². The van der Waals surface area contributed by atoms with Gasteiger partial charge in [-0.1, -0.05) is 36.9 Å². The minimum atomic E-state index is -0.375. The maximum Gasteiger partial charge on any atom is 0.333 e. The van der Waals surface area contributed by atoms with Crippen molar-refractivity contribution in [1.29, 1.82) is 0 Å². The third kappa shape index (κ3) is 3.60. The number of esters is 1. The third-order valence-electron chi connectivity index (χ3n) is 3.42. The van der Waals surface area contributed by atoms with Gasteiger partial charge in [0.05, 0.1) is 11.4 Å². The summed E-state index contributed by atoms with van der Waals surface area (Å²) in [5, 5.41) is 0. The van der Waals surface area contributed by atoms with Crippen LogP contribution in [0.2, 0.25) is 0 Å². The van der Waals surface area contributed by atoms with Crippen LogP contribution in [-0.2, 0) is 29.6 Å². The number of aryl methyl sites for hydroxylation is 1. The molecule has 0 aliphatic rings. The minimum Gasteiger partial charge on any atom is -0.456 e. The van der Waals surface area contributed by atoms with Gasteiger partial charge in [0, 0.05) is 19.0 Å². The van der Waals surface area contributed by atoms with Gasteiger partial charge in [0.25, 0.3) is 0 Å². The van der Waals surface area contributed by atoms with Crippen LogP contribution in [0.25, 0.3) is 0 Å². The van der Waals surface area contributed by atoms with Crippen molar-refractivity contribution in [2.75, 3.05) is 0 Å². The Morgan fingerprint density at radius 3 is 2.62 bits per heavy atom. The van der Waals surface area contributed by atoms with E-state index >= 15 is 0 Å². The van der Waals surface area contributed by atoms with E-state index in [1.807, 2.05) is 36.7 Å². The number of nitrogens with zero attached hydrogens (tertiary/aromatic N) is 2. The second kappa shape index (κ2) is 6.39. The summed E-state index contributed by atoms with van der Waals surface area (Å²) >= 11 is 0. The molecule has 0 fully saturated rings. The molecule has 1 aromatic heterocycles. The summed E-state index contributed by atoms with van der Waals surface area (Å²) in [5.74, 6) is 0.529. The Kier molecular flexibility index (Phi) is 4.58. The standard InChI is InChI=1S/C17H20N2O2/c1-12(2)17(20)21-11-16-15(18-13(3)19(16)4)10-14-8-6-5-7-9-14/h5-9H,1,10-11H2,2-4H3. The molecular formula is C17H20N2O2. The quantitative estimate of drug-likeness (QED) is 0.626. The smallest absolute Gasteiger partial charge is 0.333 e. The summed E-state index contributed by atoms with van der Waals surface area (Å²) in [5.41, 5.74) is 3.45. The van der Waals surface area contributed by atoms with E-state index in [0.717, 1.165) is 23.6 Å². The van der Waals surface area contributed by atoms with Gasteiger partial charge in [0.15, 0.2) is 0 Å². The van der Waals surface area contributed by atoms with Crippen molar-refractivity contribution < 1.29 is 9.53 Å². The van der Waals surface area contributed by atoms with Gasteiger partial charge in [-0.05, 0) is 19.4 Å². The number of benzene rings is 1. The summed E-state index contributed by atoms with van der Waals surface area (Å²) in [6.45, 7) is 7.39. The first-order valence-corrected chi connectivity index (χ1v) is 6.86. The number of ether oxygens (including phenoxy) is 1. The molecule has 2 rings (SSSR count). The van der Waals surface area contributed by atoms with Gasteiger partial charge in [-0.2, -0.15) is 0 Å². The third-order valence-corrected chi connectivity index (χ3v) is 3.42. The van der Waals surface area contributed by atoms with Crippen molar-refractivity contribution in [2.45, 2.75) is 26.9 Å².